The van der Waals surface area contributed by atoms with E-state index in [9.17, 15) is 4.79 Å². The number of carbonyl (C=O) groups excluding carboxylic acids is 1. The first-order valence-corrected chi connectivity index (χ1v) is 6.56. The summed E-state index contributed by atoms with van der Waals surface area (Å²) in [7, 11) is 1.83. The molecule has 19 heavy (non-hydrogen) atoms. The average molecular weight is 267 g/mol. The van der Waals surface area contributed by atoms with Gasteiger partial charge in [-0.25, -0.2) is 4.79 Å². The fourth-order valence-corrected chi connectivity index (χ4v) is 2.16. The summed E-state index contributed by atoms with van der Waals surface area (Å²) in [5.41, 5.74) is 1.34. The molecule has 1 aliphatic rings. The summed E-state index contributed by atoms with van der Waals surface area (Å²) in [6.45, 7) is 6.33. The largest absolute Gasteiger partial charge is 0.462 e. The number of hydrogen-bond acceptors (Lipinski definition) is 5. The number of aryl methyl sites for hydroxylation is 1. The molecule has 106 valence electrons. The standard InChI is InChI=1S/C13H21N3O3/c1-4-19-12(17)10-7-15-16(3)11(10)8-14-13(2)5-6-18-9-13/h7,14H,4-6,8-9H2,1-3H3. The van der Waals surface area contributed by atoms with Crippen LogP contribution in [0.4, 0.5) is 0 Å². The van der Waals surface area contributed by atoms with E-state index in [0.717, 1.165) is 18.7 Å². The van der Waals surface area contributed by atoms with E-state index in [0.29, 0.717) is 25.3 Å². The van der Waals surface area contributed by atoms with Gasteiger partial charge in [0.05, 0.1) is 25.1 Å². The molecule has 0 spiro atoms. The normalized spacial score (nSPS) is 22.7. The highest BCUT2D eigenvalue weighted by Crippen LogP contribution is 2.19. The van der Waals surface area contributed by atoms with E-state index >= 15 is 0 Å². The Bertz CT molecular complexity index is 450. The molecule has 1 fully saturated rings. The van der Waals surface area contributed by atoms with Gasteiger partial charge in [0.15, 0.2) is 0 Å². The molecule has 0 bridgehead atoms. The molecule has 6 heteroatoms. The summed E-state index contributed by atoms with van der Waals surface area (Å²) in [4.78, 5) is 11.8. The van der Waals surface area contributed by atoms with Gasteiger partial charge in [-0.3, -0.25) is 4.68 Å². The first kappa shape index (κ1) is 14.0. The van der Waals surface area contributed by atoms with Crippen LogP contribution in [0.15, 0.2) is 6.20 Å². The van der Waals surface area contributed by atoms with Gasteiger partial charge in [-0.15, -0.1) is 0 Å². The molecule has 6 nitrogen and oxygen atoms in total. The summed E-state index contributed by atoms with van der Waals surface area (Å²) in [5.74, 6) is -0.319. The number of esters is 1. The maximum Gasteiger partial charge on any atom is 0.341 e. The van der Waals surface area contributed by atoms with E-state index in [-0.39, 0.29) is 11.5 Å². The van der Waals surface area contributed by atoms with Crippen LogP contribution in [-0.2, 0) is 23.1 Å². The predicted octanol–water partition coefficient (Wildman–Crippen LogP) is 0.865. The van der Waals surface area contributed by atoms with Gasteiger partial charge in [0, 0.05) is 25.7 Å². The second kappa shape index (κ2) is 5.71. The van der Waals surface area contributed by atoms with E-state index in [1.807, 2.05) is 7.05 Å². The first-order valence-electron chi connectivity index (χ1n) is 6.56. The average Bonchev–Trinajstić information content (AvgIpc) is 2.95. The van der Waals surface area contributed by atoms with Crippen molar-refractivity contribution >= 4 is 5.97 Å². The molecule has 1 aromatic heterocycles. The molecule has 0 saturated carbocycles. The monoisotopic (exact) mass is 267 g/mol. The van der Waals surface area contributed by atoms with Crippen LogP contribution in [0, 0.1) is 0 Å². The van der Waals surface area contributed by atoms with Gasteiger partial charge in [-0.05, 0) is 20.3 Å². The number of nitrogens with one attached hydrogen (secondary N) is 1. The van der Waals surface area contributed by atoms with Crippen molar-refractivity contribution in [3.05, 3.63) is 17.5 Å². The van der Waals surface area contributed by atoms with Gasteiger partial charge < -0.3 is 14.8 Å². The lowest BCUT2D eigenvalue weighted by Gasteiger charge is -2.23. The maximum atomic E-state index is 11.8. The third-order valence-corrected chi connectivity index (χ3v) is 3.46. The molecular formula is C13H21N3O3. The van der Waals surface area contributed by atoms with Crippen LogP contribution in [0.25, 0.3) is 0 Å². The molecule has 2 heterocycles. The van der Waals surface area contributed by atoms with Crippen molar-refractivity contribution in [2.45, 2.75) is 32.4 Å². The zero-order chi connectivity index (χ0) is 13.9. The number of carbonyl (C=O) groups is 1. The minimum absolute atomic E-state index is 0.0315. The number of nitrogens with zero attached hydrogens (tertiary/aromatic N) is 2. The van der Waals surface area contributed by atoms with Crippen molar-refractivity contribution < 1.29 is 14.3 Å². The van der Waals surface area contributed by atoms with E-state index < -0.39 is 0 Å². The number of rotatable bonds is 5. The molecule has 1 atom stereocenters. The fraction of sp³-hybridized carbons (Fsp3) is 0.692. The Balaban J connectivity index is 2.07. The van der Waals surface area contributed by atoms with Crippen molar-refractivity contribution in [3.63, 3.8) is 0 Å². The second-order valence-electron chi connectivity index (χ2n) is 5.07. The summed E-state index contributed by atoms with van der Waals surface area (Å²) >= 11 is 0. The highest BCUT2D eigenvalue weighted by Gasteiger charge is 2.30. The highest BCUT2D eigenvalue weighted by molar-refractivity contribution is 5.90. The Morgan fingerprint density at radius 2 is 2.47 bits per heavy atom. The second-order valence-corrected chi connectivity index (χ2v) is 5.07. The van der Waals surface area contributed by atoms with Crippen LogP contribution in [0.2, 0.25) is 0 Å². The molecule has 0 aromatic carbocycles. The first-order chi connectivity index (χ1) is 9.06. The van der Waals surface area contributed by atoms with Crippen molar-refractivity contribution in [2.24, 2.45) is 7.05 Å². The number of ether oxygens (including phenoxy) is 2. The third kappa shape index (κ3) is 3.13. The molecule has 1 aromatic rings. The molecular weight excluding hydrogens is 246 g/mol. The predicted molar refractivity (Wildman–Crippen MR) is 69.8 cm³/mol. The Morgan fingerprint density at radius 1 is 1.68 bits per heavy atom. The molecule has 1 aliphatic heterocycles. The lowest BCUT2D eigenvalue weighted by molar-refractivity contribution is 0.0524. The Hall–Kier alpha value is -1.40. The van der Waals surface area contributed by atoms with Gasteiger partial charge in [0.25, 0.3) is 0 Å². The van der Waals surface area contributed by atoms with Crippen molar-refractivity contribution in [1.82, 2.24) is 15.1 Å². The highest BCUT2D eigenvalue weighted by atomic mass is 16.5. The van der Waals surface area contributed by atoms with Gasteiger partial charge >= 0.3 is 5.97 Å². The molecule has 0 aliphatic carbocycles. The summed E-state index contributed by atoms with van der Waals surface area (Å²) < 4.78 is 12.1. The number of aromatic nitrogens is 2. The summed E-state index contributed by atoms with van der Waals surface area (Å²) in [6, 6.07) is 0. The molecule has 0 amide bonds. The van der Waals surface area contributed by atoms with Crippen molar-refractivity contribution in [1.29, 1.82) is 0 Å². The topological polar surface area (TPSA) is 65.4 Å². The van der Waals surface area contributed by atoms with Crippen LogP contribution >= 0.6 is 0 Å². The van der Waals surface area contributed by atoms with Crippen molar-refractivity contribution in [3.8, 4) is 0 Å². The van der Waals surface area contributed by atoms with Crippen LogP contribution in [0.3, 0.4) is 0 Å². The Labute approximate surface area is 113 Å². The van der Waals surface area contributed by atoms with E-state index in [1.165, 1.54) is 0 Å². The SMILES string of the molecule is CCOC(=O)c1cnn(C)c1CNC1(C)CCOC1. The van der Waals surface area contributed by atoms with Crippen LogP contribution in [0.5, 0.6) is 0 Å². The minimum Gasteiger partial charge on any atom is -0.462 e. The van der Waals surface area contributed by atoms with Crippen molar-refractivity contribution in [2.75, 3.05) is 19.8 Å². The summed E-state index contributed by atoms with van der Waals surface area (Å²) in [5, 5.41) is 7.58. The van der Waals surface area contributed by atoms with Gasteiger partial charge in [-0.1, -0.05) is 0 Å². The third-order valence-electron chi connectivity index (χ3n) is 3.46. The fourth-order valence-electron chi connectivity index (χ4n) is 2.16. The zero-order valence-electron chi connectivity index (χ0n) is 11.7. The quantitative estimate of drug-likeness (QED) is 0.802. The van der Waals surface area contributed by atoms with Crippen LogP contribution in [0.1, 0.15) is 36.3 Å². The molecule has 2 rings (SSSR count). The maximum absolute atomic E-state index is 11.8. The zero-order valence-corrected chi connectivity index (χ0v) is 11.7. The van der Waals surface area contributed by atoms with Crippen LogP contribution in [-0.4, -0.2) is 41.1 Å². The molecule has 1 unspecified atom stereocenters. The van der Waals surface area contributed by atoms with E-state index in [4.69, 9.17) is 9.47 Å². The van der Waals surface area contributed by atoms with Gasteiger partial charge in [0.1, 0.15) is 5.56 Å². The lowest BCUT2D eigenvalue weighted by Crippen LogP contribution is -2.42. The Kier molecular flexibility index (Phi) is 4.21. The number of hydrogen-bond donors (Lipinski definition) is 1. The molecule has 1 saturated heterocycles. The molecule has 1 N–H and O–H groups in total. The van der Waals surface area contributed by atoms with E-state index in [1.54, 1.807) is 17.8 Å². The van der Waals surface area contributed by atoms with Gasteiger partial charge in [-0.2, -0.15) is 5.10 Å². The lowest BCUT2D eigenvalue weighted by atomic mass is 10.0. The smallest absolute Gasteiger partial charge is 0.341 e. The summed E-state index contributed by atoms with van der Waals surface area (Å²) in [6.07, 6.45) is 2.53. The molecule has 0 radical (unpaired) electrons. The van der Waals surface area contributed by atoms with Gasteiger partial charge in [0.2, 0.25) is 0 Å². The van der Waals surface area contributed by atoms with Crippen LogP contribution < -0.4 is 5.32 Å². The van der Waals surface area contributed by atoms with E-state index in [2.05, 4.69) is 17.3 Å². The Morgan fingerprint density at radius 3 is 3.11 bits per heavy atom. The minimum atomic E-state index is -0.319.